The van der Waals surface area contributed by atoms with Crippen LogP contribution >= 0.6 is 0 Å². The number of para-hydroxylation sites is 2. The molecule has 0 aromatic heterocycles. The summed E-state index contributed by atoms with van der Waals surface area (Å²) in [6.45, 7) is 7.38. The van der Waals surface area contributed by atoms with Crippen LogP contribution in [0.25, 0.3) is 0 Å². The summed E-state index contributed by atoms with van der Waals surface area (Å²) in [4.78, 5) is 33.1. The largest absolute Gasteiger partial charge is 0.495 e. The Kier molecular flexibility index (Phi) is 9.89. The second-order valence-corrected chi connectivity index (χ2v) is 10.4. The molecule has 42 heavy (non-hydrogen) atoms. The first-order valence-corrected chi connectivity index (χ1v) is 14.4. The molecule has 2 N–H and O–H groups in total. The van der Waals surface area contributed by atoms with Gasteiger partial charge in [-0.2, -0.15) is 0 Å². The highest BCUT2D eigenvalue weighted by Gasteiger charge is 2.24. The molecular formula is C32H38FN5O4. The van der Waals surface area contributed by atoms with Crippen molar-refractivity contribution in [1.82, 2.24) is 10.2 Å². The van der Waals surface area contributed by atoms with Crippen LogP contribution in [0.1, 0.15) is 15.9 Å². The molecule has 0 aliphatic carbocycles. The van der Waals surface area contributed by atoms with Crippen molar-refractivity contribution in [3.63, 3.8) is 0 Å². The Labute approximate surface area is 246 Å². The predicted molar refractivity (Wildman–Crippen MR) is 162 cm³/mol. The van der Waals surface area contributed by atoms with E-state index >= 15 is 0 Å². The Hall–Kier alpha value is -4.15. The van der Waals surface area contributed by atoms with E-state index in [1.807, 2.05) is 30.3 Å². The minimum absolute atomic E-state index is 0.105. The Morgan fingerprint density at radius 1 is 0.881 bits per heavy atom. The molecule has 0 radical (unpaired) electrons. The van der Waals surface area contributed by atoms with E-state index in [1.54, 1.807) is 25.3 Å². The lowest BCUT2D eigenvalue weighted by molar-refractivity contribution is -0.115. The SMILES string of the molecule is COc1ccccc1N1CCN(c2ccc(NC(=O)Cc3ccc(F)cc3)cc2C(=O)NCCN2CCOCC2)CC1. The molecule has 0 atom stereocenters. The molecule has 2 heterocycles. The van der Waals surface area contributed by atoms with Gasteiger partial charge in [0.05, 0.1) is 38.0 Å². The number of carbonyl (C=O) groups is 2. The van der Waals surface area contributed by atoms with E-state index in [2.05, 4.69) is 31.4 Å². The number of anilines is 3. The van der Waals surface area contributed by atoms with Crippen molar-refractivity contribution in [3.05, 3.63) is 83.7 Å². The standard InChI is InChI=1S/C32H38FN5O4/c1-41-30-5-3-2-4-29(30)38-16-14-37(15-17-38)28-11-10-26(35-31(39)22-24-6-8-25(33)9-7-24)23-27(28)32(40)34-12-13-36-18-20-42-21-19-36/h2-11,23H,12-22H2,1H3,(H,34,40)(H,35,39). The highest BCUT2D eigenvalue weighted by Crippen LogP contribution is 2.31. The fourth-order valence-electron chi connectivity index (χ4n) is 5.39. The molecule has 2 aliphatic rings. The number of halogens is 1. The lowest BCUT2D eigenvalue weighted by atomic mass is 10.1. The number of hydrogen-bond acceptors (Lipinski definition) is 7. The van der Waals surface area contributed by atoms with Crippen LogP contribution in [-0.2, 0) is 16.0 Å². The van der Waals surface area contributed by atoms with Gasteiger partial charge in [0.1, 0.15) is 11.6 Å². The van der Waals surface area contributed by atoms with Crippen molar-refractivity contribution in [2.45, 2.75) is 6.42 Å². The molecule has 5 rings (SSSR count). The molecule has 9 nitrogen and oxygen atoms in total. The zero-order valence-electron chi connectivity index (χ0n) is 24.0. The van der Waals surface area contributed by atoms with Crippen molar-refractivity contribution < 1.29 is 23.5 Å². The van der Waals surface area contributed by atoms with Gasteiger partial charge in [0, 0.05) is 63.7 Å². The number of hydrogen-bond donors (Lipinski definition) is 2. The highest BCUT2D eigenvalue weighted by molar-refractivity contribution is 6.02. The van der Waals surface area contributed by atoms with Gasteiger partial charge >= 0.3 is 0 Å². The van der Waals surface area contributed by atoms with Crippen LogP contribution in [0.5, 0.6) is 5.75 Å². The van der Waals surface area contributed by atoms with E-state index < -0.39 is 0 Å². The van der Waals surface area contributed by atoms with E-state index in [9.17, 15) is 14.0 Å². The maximum atomic E-state index is 13.5. The van der Waals surface area contributed by atoms with Crippen LogP contribution in [0, 0.1) is 5.82 Å². The Balaban J connectivity index is 1.29. The van der Waals surface area contributed by atoms with Crippen LogP contribution in [0.15, 0.2) is 66.7 Å². The minimum Gasteiger partial charge on any atom is -0.495 e. The molecule has 2 aliphatic heterocycles. The molecule has 2 fully saturated rings. The van der Waals surface area contributed by atoms with E-state index in [0.717, 1.165) is 62.9 Å². The second-order valence-electron chi connectivity index (χ2n) is 10.4. The van der Waals surface area contributed by atoms with Gasteiger partial charge in [-0.15, -0.1) is 0 Å². The summed E-state index contributed by atoms with van der Waals surface area (Å²) >= 11 is 0. The topological polar surface area (TPSA) is 86.4 Å². The molecule has 0 saturated carbocycles. The number of nitrogens with zero attached hydrogens (tertiary/aromatic N) is 3. The maximum Gasteiger partial charge on any atom is 0.253 e. The third-order valence-corrected chi connectivity index (χ3v) is 7.67. The molecule has 0 unspecified atom stereocenters. The van der Waals surface area contributed by atoms with Crippen molar-refractivity contribution >= 4 is 28.9 Å². The van der Waals surface area contributed by atoms with Crippen molar-refractivity contribution in [1.29, 1.82) is 0 Å². The van der Waals surface area contributed by atoms with E-state index in [-0.39, 0.29) is 24.1 Å². The molecule has 3 aromatic carbocycles. The molecule has 0 bridgehead atoms. The number of morpholine rings is 1. The number of amides is 2. The average molecular weight is 576 g/mol. The normalized spacial score (nSPS) is 15.8. The van der Waals surface area contributed by atoms with Crippen LogP contribution in [0.3, 0.4) is 0 Å². The predicted octanol–water partition coefficient (Wildman–Crippen LogP) is 3.40. The fraction of sp³-hybridized carbons (Fsp3) is 0.375. The van der Waals surface area contributed by atoms with Crippen LogP contribution in [0.4, 0.5) is 21.5 Å². The number of rotatable bonds is 10. The van der Waals surface area contributed by atoms with E-state index in [1.165, 1.54) is 12.1 Å². The van der Waals surface area contributed by atoms with Gasteiger partial charge in [-0.3, -0.25) is 14.5 Å². The number of ether oxygens (including phenoxy) is 2. The summed E-state index contributed by atoms with van der Waals surface area (Å²) in [6.07, 6.45) is 0.105. The van der Waals surface area contributed by atoms with Gasteiger partial charge in [0.2, 0.25) is 5.91 Å². The smallest absolute Gasteiger partial charge is 0.253 e. The van der Waals surface area contributed by atoms with Gasteiger partial charge in [0.15, 0.2) is 0 Å². The monoisotopic (exact) mass is 575 g/mol. The van der Waals surface area contributed by atoms with Crippen molar-refractivity contribution in [3.8, 4) is 5.75 Å². The lowest BCUT2D eigenvalue weighted by Crippen LogP contribution is -2.47. The molecule has 2 saturated heterocycles. The third kappa shape index (κ3) is 7.57. The highest BCUT2D eigenvalue weighted by atomic mass is 19.1. The fourth-order valence-corrected chi connectivity index (χ4v) is 5.39. The van der Waals surface area contributed by atoms with Crippen LogP contribution in [0.2, 0.25) is 0 Å². The van der Waals surface area contributed by atoms with Gasteiger partial charge < -0.3 is 29.9 Å². The van der Waals surface area contributed by atoms with Crippen LogP contribution in [-0.4, -0.2) is 89.4 Å². The third-order valence-electron chi connectivity index (χ3n) is 7.67. The summed E-state index contributed by atoms with van der Waals surface area (Å²) in [7, 11) is 1.68. The number of benzene rings is 3. The Morgan fingerprint density at radius 2 is 1.57 bits per heavy atom. The first-order chi connectivity index (χ1) is 20.5. The zero-order valence-corrected chi connectivity index (χ0v) is 24.0. The average Bonchev–Trinajstić information content (AvgIpc) is 3.02. The molecule has 3 aromatic rings. The summed E-state index contributed by atoms with van der Waals surface area (Å²) < 4.78 is 24.2. The maximum absolute atomic E-state index is 13.5. The van der Waals surface area contributed by atoms with Gasteiger partial charge in [-0.05, 0) is 48.0 Å². The van der Waals surface area contributed by atoms with Gasteiger partial charge in [-0.1, -0.05) is 24.3 Å². The zero-order chi connectivity index (χ0) is 29.3. The Morgan fingerprint density at radius 3 is 2.29 bits per heavy atom. The molecule has 10 heteroatoms. The number of nitrogens with one attached hydrogen (secondary N) is 2. The summed E-state index contributed by atoms with van der Waals surface area (Å²) in [6, 6.07) is 19.3. The number of methoxy groups -OCH3 is 1. The van der Waals surface area contributed by atoms with E-state index in [4.69, 9.17) is 9.47 Å². The molecule has 222 valence electrons. The van der Waals surface area contributed by atoms with Gasteiger partial charge in [-0.25, -0.2) is 4.39 Å². The summed E-state index contributed by atoms with van der Waals surface area (Å²) in [5.74, 6) is 0.0771. The van der Waals surface area contributed by atoms with E-state index in [0.29, 0.717) is 36.6 Å². The number of carbonyl (C=O) groups excluding carboxylic acids is 2. The quantitative estimate of drug-likeness (QED) is 0.383. The van der Waals surface area contributed by atoms with Crippen molar-refractivity contribution in [2.24, 2.45) is 0 Å². The van der Waals surface area contributed by atoms with Crippen LogP contribution < -0.4 is 25.2 Å². The number of piperazine rings is 1. The minimum atomic E-state index is -0.345. The Bertz CT molecular complexity index is 1360. The van der Waals surface area contributed by atoms with Crippen molar-refractivity contribution in [2.75, 3.05) is 87.8 Å². The molecule has 0 spiro atoms. The van der Waals surface area contributed by atoms with Gasteiger partial charge in [0.25, 0.3) is 5.91 Å². The summed E-state index contributed by atoms with van der Waals surface area (Å²) in [5.41, 5.74) is 3.65. The molecular weight excluding hydrogens is 537 g/mol. The first-order valence-electron chi connectivity index (χ1n) is 14.4. The first kappa shape index (κ1) is 29.3. The summed E-state index contributed by atoms with van der Waals surface area (Å²) in [5, 5.41) is 5.98. The lowest BCUT2D eigenvalue weighted by Gasteiger charge is -2.38. The molecule has 2 amide bonds. The second kappa shape index (κ2) is 14.2.